The fourth-order valence-electron chi connectivity index (χ4n) is 3.09. The van der Waals surface area contributed by atoms with E-state index < -0.39 is 0 Å². The number of rotatable bonds is 11. The van der Waals surface area contributed by atoms with E-state index in [0.29, 0.717) is 19.3 Å². The normalized spacial score (nSPS) is 21.0. The van der Waals surface area contributed by atoms with Crippen molar-refractivity contribution >= 4 is 23.8 Å². The summed E-state index contributed by atoms with van der Waals surface area (Å²) in [5.41, 5.74) is 1.23. The van der Waals surface area contributed by atoms with E-state index in [1.165, 1.54) is 18.4 Å². The second-order valence-corrected chi connectivity index (χ2v) is 8.59. The summed E-state index contributed by atoms with van der Waals surface area (Å²) in [5.74, 6) is 2.34. The molecule has 28 heavy (non-hydrogen) atoms. The van der Waals surface area contributed by atoms with Crippen molar-refractivity contribution in [2.24, 2.45) is 11.8 Å². The van der Waals surface area contributed by atoms with E-state index in [0.717, 1.165) is 30.4 Å². The molecule has 1 saturated heterocycles. The van der Waals surface area contributed by atoms with Gasteiger partial charge >= 0.3 is 0 Å². The van der Waals surface area contributed by atoms with Gasteiger partial charge in [0.05, 0.1) is 6.61 Å². The van der Waals surface area contributed by atoms with Crippen molar-refractivity contribution < 1.29 is 14.3 Å². The number of amides is 2. The van der Waals surface area contributed by atoms with Crippen molar-refractivity contribution in [3.05, 3.63) is 42.0 Å². The molecule has 0 spiro atoms. The number of carbonyl (C=O) groups is 2. The van der Waals surface area contributed by atoms with E-state index in [1.807, 2.05) is 6.07 Å². The highest BCUT2D eigenvalue weighted by molar-refractivity contribution is 7.97. The highest BCUT2D eigenvalue weighted by Gasteiger charge is 2.25. The molecule has 2 N–H and O–H groups in total. The fraction of sp³-hybridized carbons (Fsp3) is 0.545. The summed E-state index contributed by atoms with van der Waals surface area (Å²) >= 11 is 1.71. The van der Waals surface area contributed by atoms with Gasteiger partial charge in [-0.15, -0.1) is 0 Å². The maximum Gasteiger partial charge on any atom is 0.229 e. The van der Waals surface area contributed by atoms with Crippen LogP contribution in [0.2, 0.25) is 0 Å². The zero-order valence-electron chi connectivity index (χ0n) is 16.5. The predicted molar refractivity (Wildman–Crippen MR) is 113 cm³/mol. The molecule has 0 aromatic heterocycles. The molecule has 1 aromatic carbocycles. The molecule has 2 atom stereocenters. The molecule has 1 aromatic rings. The highest BCUT2D eigenvalue weighted by atomic mass is 32.2. The summed E-state index contributed by atoms with van der Waals surface area (Å²) < 4.78 is 9.34. The average molecular weight is 403 g/mol. The van der Waals surface area contributed by atoms with Gasteiger partial charge < -0.3 is 4.74 Å². The van der Waals surface area contributed by atoms with Gasteiger partial charge in [0, 0.05) is 24.1 Å². The van der Waals surface area contributed by atoms with Crippen LogP contribution in [0.3, 0.4) is 0 Å². The Bertz CT molecular complexity index is 703. The lowest BCUT2D eigenvalue weighted by atomic mass is 9.95. The standard InChI is InChI=1S/C22H30N2O3S/c1-16(19-7-5-8-20(14-19)27-15-17-9-10-17)24-28-13-4-2-3-6-18-11-12-21(25)23-22(18)26/h2-3,5,7-8,14,16-18,24H,4,6,9-13,15H2,1H3,(H,23,25,26)/b3-2-/t16-,18?/m1/s1. The number of hydrogen-bond donors (Lipinski definition) is 2. The number of ether oxygens (including phenoxy) is 1. The number of piperidine rings is 1. The minimum atomic E-state index is -0.151. The van der Waals surface area contributed by atoms with Crippen LogP contribution in [-0.2, 0) is 9.59 Å². The van der Waals surface area contributed by atoms with Gasteiger partial charge in [0.1, 0.15) is 5.75 Å². The molecule has 2 amide bonds. The molecule has 2 fully saturated rings. The first-order chi connectivity index (χ1) is 13.6. The van der Waals surface area contributed by atoms with E-state index in [-0.39, 0.29) is 23.8 Å². The molecule has 1 aliphatic carbocycles. The van der Waals surface area contributed by atoms with Crippen molar-refractivity contribution in [2.75, 3.05) is 12.4 Å². The van der Waals surface area contributed by atoms with Crippen LogP contribution in [0.4, 0.5) is 0 Å². The number of allylic oxidation sites excluding steroid dienone is 2. The third kappa shape index (κ3) is 6.99. The van der Waals surface area contributed by atoms with Crippen LogP contribution in [-0.4, -0.2) is 24.2 Å². The Kier molecular flexibility index (Phi) is 7.98. The van der Waals surface area contributed by atoms with Crippen LogP contribution in [0.25, 0.3) is 0 Å². The van der Waals surface area contributed by atoms with Crippen molar-refractivity contribution in [3.8, 4) is 5.75 Å². The van der Waals surface area contributed by atoms with Crippen molar-refractivity contribution in [3.63, 3.8) is 0 Å². The van der Waals surface area contributed by atoms with Gasteiger partial charge in [-0.25, -0.2) is 0 Å². The quantitative estimate of drug-likeness (QED) is 0.252. The molecule has 6 heteroatoms. The molecular weight excluding hydrogens is 372 g/mol. The lowest BCUT2D eigenvalue weighted by Crippen LogP contribution is -2.40. The highest BCUT2D eigenvalue weighted by Crippen LogP contribution is 2.30. The van der Waals surface area contributed by atoms with E-state index in [1.54, 1.807) is 11.9 Å². The second-order valence-electron chi connectivity index (χ2n) is 7.66. The van der Waals surface area contributed by atoms with Gasteiger partial charge in [0.25, 0.3) is 0 Å². The number of hydrogen-bond acceptors (Lipinski definition) is 5. The number of nitrogens with one attached hydrogen (secondary N) is 2. The van der Waals surface area contributed by atoms with Gasteiger partial charge in [-0.1, -0.05) is 36.2 Å². The Labute approximate surface area is 171 Å². The largest absolute Gasteiger partial charge is 0.493 e. The maximum atomic E-state index is 11.7. The van der Waals surface area contributed by atoms with Crippen LogP contribution < -0.4 is 14.8 Å². The molecular formula is C22H30N2O3S. The molecule has 2 aliphatic rings. The first kappa shape index (κ1) is 20.9. The van der Waals surface area contributed by atoms with E-state index in [9.17, 15) is 9.59 Å². The Morgan fingerprint density at radius 3 is 2.93 bits per heavy atom. The average Bonchev–Trinajstić information content (AvgIpc) is 3.51. The van der Waals surface area contributed by atoms with Gasteiger partial charge in [-0.2, -0.15) is 0 Å². The molecule has 152 valence electrons. The molecule has 1 heterocycles. The van der Waals surface area contributed by atoms with E-state index in [4.69, 9.17) is 4.74 Å². The third-order valence-corrected chi connectivity index (χ3v) is 6.09. The van der Waals surface area contributed by atoms with Crippen molar-refractivity contribution in [1.29, 1.82) is 0 Å². The maximum absolute atomic E-state index is 11.7. The Morgan fingerprint density at radius 2 is 2.14 bits per heavy atom. The number of imide groups is 1. The smallest absolute Gasteiger partial charge is 0.229 e. The summed E-state index contributed by atoms with van der Waals surface area (Å²) in [6.45, 7) is 3.00. The zero-order chi connectivity index (χ0) is 19.8. The summed E-state index contributed by atoms with van der Waals surface area (Å²) in [5, 5.41) is 2.40. The van der Waals surface area contributed by atoms with Gasteiger partial charge in [0.15, 0.2) is 0 Å². The molecule has 1 saturated carbocycles. The van der Waals surface area contributed by atoms with Crippen LogP contribution in [0.15, 0.2) is 36.4 Å². The second kappa shape index (κ2) is 10.7. The SMILES string of the molecule is C[C@@H](NSCC/C=C\CC1CCC(=O)NC1=O)c1cccc(OCC2CC2)c1. The number of carbonyl (C=O) groups excluding carboxylic acids is 2. The molecule has 1 unspecified atom stereocenters. The first-order valence-electron chi connectivity index (χ1n) is 10.2. The lowest BCUT2D eigenvalue weighted by Gasteiger charge is -2.19. The number of benzene rings is 1. The van der Waals surface area contributed by atoms with E-state index in [2.05, 4.69) is 47.3 Å². The Hall–Kier alpha value is -1.79. The molecule has 1 aliphatic heterocycles. The van der Waals surface area contributed by atoms with Gasteiger partial charge in [0.2, 0.25) is 11.8 Å². The Balaban J connectivity index is 1.29. The van der Waals surface area contributed by atoms with Crippen LogP contribution in [0.1, 0.15) is 57.1 Å². The fourth-order valence-corrected chi connectivity index (χ4v) is 3.85. The predicted octanol–water partition coefficient (Wildman–Crippen LogP) is 4.16. The monoisotopic (exact) mass is 402 g/mol. The third-order valence-electron chi connectivity index (χ3n) is 5.13. The van der Waals surface area contributed by atoms with Gasteiger partial charge in [-0.05, 0) is 62.6 Å². The summed E-state index contributed by atoms with van der Waals surface area (Å²) in [6, 6.07) is 8.58. The molecule has 3 rings (SSSR count). The Morgan fingerprint density at radius 1 is 1.29 bits per heavy atom. The first-order valence-corrected chi connectivity index (χ1v) is 11.2. The van der Waals surface area contributed by atoms with Crippen LogP contribution >= 0.6 is 11.9 Å². The van der Waals surface area contributed by atoms with E-state index >= 15 is 0 Å². The van der Waals surface area contributed by atoms with Crippen molar-refractivity contribution in [2.45, 2.75) is 51.5 Å². The summed E-state index contributed by atoms with van der Waals surface area (Å²) in [6.07, 6.45) is 9.55. The summed E-state index contributed by atoms with van der Waals surface area (Å²) in [7, 11) is 0. The van der Waals surface area contributed by atoms with Crippen LogP contribution in [0.5, 0.6) is 5.75 Å². The van der Waals surface area contributed by atoms with Crippen LogP contribution in [0, 0.1) is 11.8 Å². The minimum absolute atomic E-state index is 0.0610. The molecule has 5 nitrogen and oxygen atoms in total. The minimum Gasteiger partial charge on any atom is -0.493 e. The summed E-state index contributed by atoms with van der Waals surface area (Å²) in [4.78, 5) is 22.8. The topological polar surface area (TPSA) is 67.4 Å². The molecule has 0 bridgehead atoms. The lowest BCUT2D eigenvalue weighted by molar-refractivity contribution is -0.136. The zero-order valence-corrected chi connectivity index (χ0v) is 17.3. The molecule has 0 radical (unpaired) electrons. The van der Waals surface area contributed by atoms with Crippen molar-refractivity contribution in [1.82, 2.24) is 10.0 Å². The van der Waals surface area contributed by atoms with Gasteiger partial charge in [-0.3, -0.25) is 19.6 Å².